The second-order valence-electron chi connectivity index (χ2n) is 6.35. The highest BCUT2D eigenvalue weighted by Crippen LogP contribution is 2.33. The van der Waals surface area contributed by atoms with E-state index in [1.807, 2.05) is 30.5 Å². The number of aryl methyl sites for hydroxylation is 1. The molecule has 136 valence electrons. The van der Waals surface area contributed by atoms with Crippen LogP contribution < -0.4 is 15.8 Å². The van der Waals surface area contributed by atoms with Crippen LogP contribution >= 0.6 is 23.7 Å². The van der Waals surface area contributed by atoms with Crippen molar-refractivity contribution in [2.75, 3.05) is 12.4 Å². The zero-order valence-corrected chi connectivity index (χ0v) is 16.1. The van der Waals surface area contributed by atoms with Gasteiger partial charge in [0.25, 0.3) is 0 Å². The number of nitrogens with two attached hydrogens (primary N) is 1. The fraction of sp³-hybridized carbons (Fsp3) is 0.444. The van der Waals surface area contributed by atoms with Gasteiger partial charge in [-0.05, 0) is 37.8 Å². The number of aromatic nitrogens is 1. The van der Waals surface area contributed by atoms with Gasteiger partial charge in [-0.25, -0.2) is 4.98 Å². The topological polar surface area (TPSA) is 77.2 Å². The molecule has 0 bridgehead atoms. The van der Waals surface area contributed by atoms with Crippen LogP contribution in [0.1, 0.15) is 31.2 Å². The Hall–Kier alpha value is -1.63. The molecule has 1 aromatic heterocycles. The number of nitrogens with zero attached hydrogens (tertiary/aromatic N) is 1. The number of carbonyl (C=O) groups is 1. The van der Waals surface area contributed by atoms with E-state index in [9.17, 15) is 4.79 Å². The summed E-state index contributed by atoms with van der Waals surface area (Å²) in [5.74, 6) is 1.07. The molecule has 1 aromatic carbocycles. The van der Waals surface area contributed by atoms with Crippen molar-refractivity contribution in [1.82, 2.24) is 4.98 Å². The number of ether oxygens (including phenoxy) is 1. The molecule has 1 amide bonds. The van der Waals surface area contributed by atoms with Gasteiger partial charge >= 0.3 is 0 Å². The minimum atomic E-state index is -0.00513. The summed E-state index contributed by atoms with van der Waals surface area (Å²) in [6.45, 7) is 2.03. The van der Waals surface area contributed by atoms with Crippen molar-refractivity contribution in [2.45, 2.75) is 38.6 Å². The van der Waals surface area contributed by atoms with Crippen molar-refractivity contribution in [2.24, 2.45) is 11.7 Å². The van der Waals surface area contributed by atoms with E-state index in [4.69, 9.17) is 10.5 Å². The summed E-state index contributed by atoms with van der Waals surface area (Å²) in [5, 5.41) is 5.46. The van der Waals surface area contributed by atoms with E-state index in [-0.39, 0.29) is 24.4 Å². The molecule has 1 heterocycles. The average molecular weight is 382 g/mol. The number of nitrogens with one attached hydrogen (secondary N) is 1. The van der Waals surface area contributed by atoms with Gasteiger partial charge in [0.05, 0.1) is 12.8 Å². The molecular formula is C18H24ClN3O2S. The van der Waals surface area contributed by atoms with Crippen LogP contribution in [-0.4, -0.2) is 24.0 Å². The largest absolute Gasteiger partial charge is 0.496 e. The van der Waals surface area contributed by atoms with Crippen LogP contribution in [0, 0.1) is 12.8 Å². The maximum atomic E-state index is 12.2. The molecular weight excluding hydrogens is 358 g/mol. The van der Waals surface area contributed by atoms with E-state index in [0.717, 1.165) is 41.8 Å². The third-order valence-electron chi connectivity index (χ3n) is 4.55. The Balaban J connectivity index is 0.00000225. The molecule has 1 saturated carbocycles. The van der Waals surface area contributed by atoms with Crippen LogP contribution in [-0.2, 0) is 4.79 Å². The van der Waals surface area contributed by atoms with Crippen molar-refractivity contribution in [3.8, 4) is 17.0 Å². The second-order valence-corrected chi connectivity index (χ2v) is 7.21. The number of halogens is 1. The standard InChI is InChI=1S/C18H23N3O2S.ClH/c1-11-6-7-16(23-2)13(8-11)15-10-24-18(20-15)21-17(22)9-12-4-3-5-14(12)19;/h6-8,10,12,14H,3-5,9,19H2,1-2H3,(H,20,21,22);1H/t12-,14+;/m0./s1. The first kappa shape index (κ1) is 19.7. The predicted molar refractivity (Wildman–Crippen MR) is 105 cm³/mol. The predicted octanol–water partition coefficient (Wildman–Crippen LogP) is 4.00. The number of benzene rings is 1. The normalized spacial score (nSPS) is 19.3. The molecule has 25 heavy (non-hydrogen) atoms. The first-order valence-corrected chi connectivity index (χ1v) is 9.10. The van der Waals surface area contributed by atoms with Gasteiger partial charge < -0.3 is 15.8 Å². The highest BCUT2D eigenvalue weighted by Gasteiger charge is 2.26. The van der Waals surface area contributed by atoms with E-state index in [1.54, 1.807) is 7.11 Å². The number of thiazole rings is 1. The van der Waals surface area contributed by atoms with Crippen LogP contribution in [0.3, 0.4) is 0 Å². The Morgan fingerprint density at radius 2 is 2.24 bits per heavy atom. The Labute approximate surface area is 158 Å². The van der Waals surface area contributed by atoms with Crippen molar-refractivity contribution < 1.29 is 9.53 Å². The van der Waals surface area contributed by atoms with Crippen LogP contribution in [0.4, 0.5) is 5.13 Å². The molecule has 1 fully saturated rings. The number of hydrogen-bond donors (Lipinski definition) is 2. The summed E-state index contributed by atoms with van der Waals surface area (Å²) in [6.07, 6.45) is 3.65. The summed E-state index contributed by atoms with van der Waals surface area (Å²) in [6, 6.07) is 6.13. The van der Waals surface area contributed by atoms with Gasteiger partial charge in [0.15, 0.2) is 5.13 Å². The molecule has 0 unspecified atom stereocenters. The number of hydrogen-bond acceptors (Lipinski definition) is 5. The van der Waals surface area contributed by atoms with Gasteiger partial charge in [-0.1, -0.05) is 18.1 Å². The van der Waals surface area contributed by atoms with Gasteiger partial charge in [-0.2, -0.15) is 0 Å². The minimum absolute atomic E-state index is 0. The van der Waals surface area contributed by atoms with Gasteiger partial charge in [-0.3, -0.25) is 4.79 Å². The molecule has 3 rings (SSSR count). The lowest BCUT2D eigenvalue weighted by Gasteiger charge is -2.13. The lowest BCUT2D eigenvalue weighted by atomic mass is 10.00. The second kappa shape index (κ2) is 8.65. The van der Waals surface area contributed by atoms with Crippen molar-refractivity contribution in [1.29, 1.82) is 0 Å². The van der Waals surface area contributed by atoms with E-state index < -0.39 is 0 Å². The Kier molecular flexibility index (Phi) is 6.81. The summed E-state index contributed by atoms with van der Waals surface area (Å²) in [5.41, 5.74) is 8.93. The Morgan fingerprint density at radius 1 is 1.44 bits per heavy atom. The Morgan fingerprint density at radius 3 is 2.92 bits per heavy atom. The molecule has 2 atom stereocenters. The smallest absolute Gasteiger partial charge is 0.226 e. The van der Waals surface area contributed by atoms with Gasteiger partial charge in [0, 0.05) is 23.4 Å². The first-order valence-electron chi connectivity index (χ1n) is 8.23. The van der Waals surface area contributed by atoms with Crippen LogP contribution in [0.25, 0.3) is 11.3 Å². The fourth-order valence-corrected chi connectivity index (χ4v) is 3.93. The van der Waals surface area contributed by atoms with Gasteiger partial charge in [0.1, 0.15) is 5.75 Å². The van der Waals surface area contributed by atoms with Crippen molar-refractivity contribution in [3.05, 3.63) is 29.1 Å². The maximum Gasteiger partial charge on any atom is 0.226 e. The number of amides is 1. The third kappa shape index (κ3) is 4.71. The van der Waals surface area contributed by atoms with E-state index in [1.165, 1.54) is 11.3 Å². The minimum Gasteiger partial charge on any atom is -0.496 e. The van der Waals surface area contributed by atoms with Crippen LogP contribution in [0.5, 0.6) is 5.75 Å². The third-order valence-corrected chi connectivity index (χ3v) is 5.30. The van der Waals surface area contributed by atoms with Gasteiger partial charge in [-0.15, -0.1) is 23.7 Å². The maximum absolute atomic E-state index is 12.2. The quantitative estimate of drug-likeness (QED) is 0.820. The summed E-state index contributed by atoms with van der Waals surface area (Å²) in [4.78, 5) is 16.8. The van der Waals surface area contributed by atoms with Gasteiger partial charge in [0.2, 0.25) is 5.91 Å². The molecule has 1 aliphatic carbocycles. The number of anilines is 1. The summed E-state index contributed by atoms with van der Waals surface area (Å²) >= 11 is 1.43. The lowest BCUT2D eigenvalue weighted by Crippen LogP contribution is -2.28. The molecule has 5 nitrogen and oxygen atoms in total. The van der Waals surface area contributed by atoms with Crippen LogP contribution in [0.2, 0.25) is 0 Å². The summed E-state index contributed by atoms with van der Waals surface area (Å²) in [7, 11) is 1.65. The molecule has 7 heteroatoms. The van der Waals surface area contributed by atoms with Crippen LogP contribution in [0.15, 0.2) is 23.6 Å². The molecule has 0 spiro atoms. The molecule has 0 saturated heterocycles. The number of methoxy groups -OCH3 is 1. The van der Waals surface area contributed by atoms with Crippen molar-refractivity contribution in [3.63, 3.8) is 0 Å². The van der Waals surface area contributed by atoms with Crippen molar-refractivity contribution >= 4 is 34.8 Å². The fourth-order valence-electron chi connectivity index (χ4n) is 3.20. The lowest BCUT2D eigenvalue weighted by molar-refractivity contribution is -0.117. The van der Waals surface area contributed by atoms with E-state index in [2.05, 4.69) is 10.3 Å². The first-order chi connectivity index (χ1) is 11.6. The zero-order valence-electron chi connectivity index (χ0n) is 14.5. The average Bonchev–Trinajstić information content (AvgIpc) is 3.17. The monoisotopic (exact) mass is 381 g/mol. The van der Waals surface area contributed by atoms with E-state index >= 15 is 0 Å². The number of carbonyl (C=O) groups excluding carboxylic acids is 1. The Bertz CT molecular complexity index is 735. The molecule has 0 aliphatic heterocycles. The highest BCUT2D eigenvalue weighted by atomic mass is 35.5. The molecule has 0 radical (unpaired) electrons. The summed E-state index contributed by atoms with van der Waals surface area (Å²) < 4.78 is 5.41. The highest BCUT2D eigenvalue weighted by molar-refractivity contribution is 7.14. The van der Waals surface area contributed by atoms with E-state index in [0.29, 0.717) is 17.5 Å². The zero-order chi connectivity index (χ0) is 17.1. The molecule has 1 aliphatic rings. The molecule has 2 aromatic rings. The number of rotatable bonds is 5. The molecule has 3 N–H and O–H groups in total. The SMILES string of the molecule is COc1ccc(C)cc1-c1csc(NC(=O)C[C@@H]2CCC[C@H]2N)n1.Cl.